The van der Waals surface area contributed by atoms with E-state index in [-0.39, 0.29) is 5.82 Å². The monoisotopic (exact) mass is 271 g/mol. The Morgan fingerprint density at radius 2 is 1.90 bits per heavy atom. The lowest BCUT2D eigenvalue weighted by molar-refractivity contribution is 0.238. The smallest absolute Gasteiger partial charge is 0.131 e. The van der Waals surface area contributed by atoms with Crippen LogP contribution >= 0.6 is 0 Å². The number of halogens is 1. The van der Waals surface area contributed by atoms with Crippen molar-refractivity contribution in [1.82, 2.24) is 4.90 Å². The second-order valence-electron chi connectivity index (χ2n) is 5.15. The molecule has 2 nitrogen and oxygen atoms in total. The van der Waals surface area contributed by atoms with E-state index in [1.807, 2.05) is 6.07 Å². The first-order valence-corrected chi connectivity index (χ1v) is 6.88. The molecule has 1 aliphatic heterocycles. The number of ether oxygens (including phenoxy) is 1. The summed E-state index contributed by atoms with van der Waals surface area (Å²) >= 11 is 0. The molecule has 3 rings (SSSR count). The first kappa shape index (κ1) is 13.1. The van der Waals surface area contributed by atoms with Crippen molar-refractivity contribution in [2.75, 3.05) is 13.7 Å². The van der Waals surface area contributed by atoms with Crippen LogP contribution < -0.4 is 4.74 Å². The predicted octanol–water partition coefficient (Wildman–Crippen LogP) is 3.39. The van der Waals surface area contributed by atoms with Gasteiger partial charge in [-0.2, -0.15) is 0 Å². The highest BCUT2D eigenvalue weighted by Crippen LogP contribution is 2.26. The van der Waals surface area contributed by atoms with Gasteiger partial charge in [0.2, 0.25) is 0 Å². The van der Waals surface area contributed by atoms with E-state index in [4.69, 9.17) is 4.74 Å². The number of nitrogens with zero attached hydrogens (tertiary/aromatic N) is 1. The maximum Gasteiger partial charge on any atom is 0.131 e. The van der Waals surface area contributed by atoms with E-state index in [1.165, 1.54) is 17.2 Å². The number of fused-ring (bicyclic) bond motifs is 1. The fraction of sp³-hybridized carbons (Fsp3) is 0.294. The molecule has 3 heteroatoms. The molecule has 0 radical (unpaired) electrons. The second kappa shape index (κ2) is 5.63. The molecule has 0 aliphatic carbocycles. The average molecular weight is 271 g/mol. The normalized spacial score (nSPS) is 14.9. The fourth-order valence-electron chi connectivity index (χ4n) is 2.80. The Bertz CT molecular complexity index is 612. The van der Waals surface area contributed by atoms with Gasteiger partial charge in [-0.05, 0) is 29.7 Å². The minimum Gasteiger partial charge on any atom is -0.496 e. The number of rotatable bonds is 3. The molecule has 0 N–H and O–H groups in total. The number of methoxy groups -OCH3 is 1. The van der Waals surface area contributed by atoms with Gasteiger partial charge in [-0.1, -0.05) is 30.3 Å². The van der Waals surface area contributed by atoms with Crippen LogP contribution in [0.1, 0.15) is 16.7 Å². The lowest BCUT2D eigenvalue weighted by Gasteiger charge is -2.29. The third kappa shape index (κ3) is 2.54. The standard InChI is InChI=1S/C17H18FNO/c1-20-17-8-4-7-16(18)15(17)12-19-10-9-13-5-2-3-6-14(13)11-19/h2-8H,9-12H2,1H3. The van der Waals surface area contributed by atoms with Gasteiger partial charge in [0.1, 0.15) is 11.6 Å². The maximum atomic E-state index is 14.0. The van der Waals surface area contributed by atoms with Crippen molar-refractivity contribution in [2.45, 2.75) is 19.5 Å². The van der Waals surface area contributed by atoms with Crippen molar-refractivity contribution < 1.29 is 9.13 Å². The highest BCUT2D eigenvalue weighted by Gasteiger charge is 2.19. The Labute approximate surface area is 118 Å². The molecule has 0 saturated heterocycles. The molecule has 20 heavy (non-hydrogen) atoms. The van der Waals surface area contributed by atoms with Crippen LogP contribution in [-0.4, -0.2) is 18.6 Å². The zero-order valence-corrected chi connectivity index (χ0v) is 11.6. The van der Waals surface area contributed by atoms with E-state index < -0.39 is 0 Å². The summed E-state index contributed by atoms with van der Waals surface area (Å²) < 4.78 is 19.3. The van der Waals surface area contributed by atoms with E-state index in [1.54, 1.807) is 13.2 Å². The molecule has 0 bridgehead atoms. The van der Waals surface area contributed by atoms with Crippen LogP contribution in [0.2, 0.25) is 0 Å². The largest absolute Gasteiger partial charge is 0.496 e. The third-order valence-corrected chi connectivity index (χ3v) is 3.89. The van der Waals surface area contributed by atoms with Crippen LogP contribution in [0.5, 0.6) is 5.75 Å². The molecule has 2 aromatic carbocycles. The SMILES string of the molecule is COc1cccc(F)c1CN1CCc2ccccc2C1. The maximum absolute atomic E-state index is 14.0. The summed E-state index contributed by atoms with van der Waals surface area (Å²) in [5.41, 5.74) is 3.40. The molecule has 1 aliphatic rings. The van der Waals surface area contributed by atoms with E-state index in [0.717, 1.165) is 19.5 Å². The minimum absolute atomic E-state index is 0.191. The Kier molecular flexibility index (Phi) is 3.70. The zero-order valence-electron chi connectivity index (χ0n) is 11.6. The number of hydrogen-bond donors (Lipinski definition) is 0. The van der Waals surface area contributed by atoms with E-state index in [2.05, 4.69) is 29.2 Å². The molecule has 2 aromatic rings. The van der Waals surface area contributed by atoms with Gasteiger partial charge in [-0.3, -0.25) is 4.90 Å². The van der Waals surface area contributed by atoms with E-state index in [0.29, 0.717) is 17.9 Å². The molecule has 104 valence electrons. The number of benzene rings is 2. The van der Waals surface area contributed by atoms with Crippen molar-refractivity contribution in [2.24, 2.45) is 0 Å². The molecule has 0 fully saturated rings. The molecule has 0 amide bonds. The highest BCUT2D eigenvalue weighted by molar-refractivity contribution is 5.35. The van der Waals surface area contributed by atoms with Gasteiger partial charge in [0, 0.05) is 25.2 Å². The van der Waals surface area contributed by atoms with Gasteiger partial charge in [-0.15, -0.1) is 0 Å². The van der Waals surface area contributed by atoms with Gasteiger partial charge < -0.3 is 4.74 Å². The molecule has 0 spiro atoms. The summed E-state index contributed by atoms with van der Waals surface area (Å²) in [5.74, 6) is 0.437. The van der Waals surface area contributed by atoms with Crippen molar-refractivity contribution in [3.8, 4) is 5.75 Å². The molecule has 0 saturated carbocycles. The van der Waals surface area contributed by atoms with Crippen LogP contribution in [0.3, 0.4) is 0 Å². The molecule has 0 atom stereocenters. The quantitative estimate of drug-likeness (QED) is 0.848. The summed E-state index contributed by atoms with van der Waals surface area (Å²) in [7, 11) is 1.59. The lowest BCUT2D eigenvalue weighted by Crippen LogP contribution is -2.30. The van der Waals surface area contributed by atoms with Crippen LogP contribution in [0, 0.1) is 5.82 Å². The molecule has 0 unspecified atom stereocenters. The number of hydrogen-bond acceptors (Lipinski definition) is 2. The van der Waals surface area contributed by atoms with Gasteiger partial charge in [0.15, 0.2) is 0 Å². The van der Waals surface area contributed by atoms with Crippen LogP contribution in [0.25, 0.3) is 0 Å². The summed E-state index contributed by atoms with van der Waals surface area (Å²) in [6, 6.07) is 13.5. The summed E-state index contributed by atoms with van der Waals surface area (Å²) in [6.07, 6.45) is 1.02. The highest BCUT2D eigenvalue weighted by atomic mass is 19.1. The Hall–Kier alpha value is -1.87. The van der Waals surface area contributed by atoms with Crippen molar-refractivity contribution in [3.05, 3.63) is 65.0 Å². The van der Waals surface area contributed by atoms with E-state index in [9.17, 15) is 4.39 Å². The lowest BCUT2D eigenvalue weighted by atomic mass is 9.99. The predicted molar refractivity (Wildman–Crippen MR) is 77.2 cm³/mol. The fourth-order valence-corrected chi connectivity index (χ4v) is 2.80. The van der Waals surface area contributed by atoms with Gasteiger partial charge in [0.25, 0.3) is 0 Å². The van der Waals surface area contributed by atoms with Crippen LogP contribution in [-0.2, 0) is 19.5 Å². The van der Waals surface area contributed by atoms with Crippen molar-refractivity contribution >= 4 is 0 Å². The Balaban J connectivity index is 1.80. The average Bonchev–Trinajstić information content (AvgIpc) is 2.49. The minimum atomic E-state index is -0.191. The molecular formula is C17H18FNO. The first-order chi connectivity index (χ1) is 9.78. The molecular weight excluding hydrogens is 253 g/mol. The molecule has 1 heterocycles. The summed E-state index contributed by atoms with van der Waals surface area (Å²) in [4.78, 5) is 2.27. The summed E-state index contributed by atoms with van der Waals surface area (Å²) in [5, 5.41) is 0. The second-order valence-corrected chi connectivity index (χ2v) is 5.15. The van der Waals surface area contributed by atoms with Gasteiger partial charge >= 0.3 is 0 Å². The third-order valence-electron chi connectivity index (χ3n) is 3.89. The molecule has 0 aromatic heterocycles. The topological polar surface area (TPSA) is 12.5 Å². The summed E-state index contributed by atoms with van der Waals surface area (Å²) in [6.45, 7) is 2.41. The van der Waals surface area contributed by atoms with Crippen LogP contribution in [0.4, 0.5) is 4.39 Å². The van der Waals surface area contributed by atoms with Crippen molar-refractivity contribution in [1.29, 1.82) is 0 Å². The zero-order chi connectivity index (χ0) is 13.9. The van der Waals surface area contributed by atoms with Crippen LogP contribution in [0.15, 0.2) is 42.5 Å². The Morgan fingerprint density at radius 3 is 2.70 bits per heavy atom. The Morgan fingerprint density at radius 1 is 1.10 bits per heavy atom. The first-order valence-electron chi connectivity index (χ1n) is 6.88. The van der Waals surface area contributed by atoms with Gasteiger partial charge in [0.05, 0.1) is 7.11 Å². The van der Waals surface area contributed by atoms with E-state index >= 15 is 0 Å². The van der Waals surface area contributed by atoms with Gasteiger partial charge in [-0.25, -0.2) is 4.39 Å². The van der Waals surface area contributed by atoms with Crippen molar-refractivity contribution in [3.63, 3.8) is 0 Å².